The van der Waals surface area contributed by atoms with Gasteiger partial charge in [0.25, 0.3) is 5.91 Å². The number of thioether (sulfide) groups is 1. The number of sulfone groups is 1. The first-order valence-corrected chi connectivity index (χ1v) is 14.7. The topological polar surface area (TPSA) is 94.5 Å². The van der Waals surface area contributed by atoms with E-state index in [0.29, 0.717) is 45.8 Å². The quantitative estimate of drug-likeness (QED) is 0.459. The highest BCUT2D eigenvalue weighted by molar-refractivity contribution is 9.10. The Morgan fingerprint density at radius 2 is 1.80 bits per heavy atom. The molecule has 0 radical (unpaired) electrons. The van der Waals surface area contributed by atoms with Gasteiger partial charge in [0.1, 0.15) is 5.75 Å². The average Bonchev–Trinajstić information content (AvgIpc) is 3.27. The maximum Gasteiger partial charge on any atom is 0.252 e. The van der Waals surface area contributed by atoms with Gasteiger partial charge in [-0.05, 0) is 35.8 Å². The molecule has 0 spiro atoms. The molecule has 35 heavy (non-hydrogen) atoms. The maximum atomic E-state index is 13.0. The zero-order chi connectivity index (χ0) is 25.2. The van der Waals surface area contributed by atoms with Gasteiger partial charge in [-0.15, -0.1) is 0 Å². The van der Waals surface area contributed by atoms with E-state index in [1.165, 1.54) is 11.8 Å². The van der Waals surface area contributed by atoms with Crippen molar-refractivity contribution in [3.63, 3.8) is 0 Å². The van der Waals surface area contributed by atoms with E-state index in [4.69, 9.17) is 14.2 Å². The van der Waals surface area contributed by atoms with Crippen LogP contribution in [0.25, 0.3) is 0 Å². The Morgan fingerprint density at radius 1 is 1.11 bits per heavy atom. The molecule has 2 fully saturated rings. The van der Waals surface area contributed by atoms with Crippen molar-refractivity contribution >= 4 is 54.3 Å². The molecule has 8 nitrogen and oxygen atoms in total. The number of nitrogens with zero attached hydrogens (tertiary/aromatic N) is 2. The van der Waals surface area contributed by atoms with Gasteiger partial charge in [0.15, 0.2) is 26.5 Å². The molecule has 0 N–H and O–H groups in total. The minimum Gasteiger partial charge on any atom is -0.496 e. The summed E-state index contributed by atoms with van der Waals surface area (Å²) in [6, 6.07) is 10.6. The first kappa shape index (κ1) is 25.8. The standard InChI is InChI=1S/C24H27BrN2O6S2/c1-4-32-20-11-16(25)17(12-21(20)33-5-2)27-18-13-35(29,30)14-22(18)34-24(27)26-23(28)10-15-8-6-7-9-19(15)31-3/h6-9,11-12,18,22H,4-5,10,13-14H2,1-3H3. The van der Waals surface area contributed by atoms with Crippen LogP contribution in [0.1, 0.15) is 19.4 Å². The van der Waals surface area contributed by atoms with E-state index in [1.807, 2.05) is 43.0 Å². The van der Waals surface area contributed by atoms with Crippen LogP contribution < -0.4 is 19.1 Å². The van der Waals surface area contributed by atoms with Crippen LogP contribution in [-0.2, 0) is 21.1 Å². The summed E-state index contributed by atoms with van der Waals surface area (Å²) in [6.45, 7) is 4.68. The number of methoxy groups -OCH3 is 1. The van der Waals surface area contributed by atoms with E-state index >= 15 is 0 Å². The predicted octanol–water partition coefficient (Wildman–Crippen LogP) is 4.10. The van der Waals surface area contributed by atoms with E-state index in [2.05, 4.69) is 20.9 Å². The zero-order valence-electron chi connectivity index (χ0n) is 19.7. The molecule has 1 amide bonds. The normalized spacial score (nSPS) is 21.7. The lowest BCUT2D eigenvalue weighted by atomic mass is 10.1. The molecule has 4 rings (SSSR count). The highest BCUT2D eigenvalue weighted by Gasteiger charge is 2.50. The lowest BCUT2D eigenvalue weighted by Crippen LogP contribution is -2.38. The maximum absolute atomic E-state index is 13.0. The monoisotopic (exact) mass is 582 g/mol. The summed E-state index contributed by atoms with van der Waals surface area (Å²) >= 11 is 4.94. The Labute approximate surface area is 218 Å². The SMILES string of the molecule is CCOc1cc(Br)c(N2C(=NC(=O)Cc3ccccc3OC)SC3CS(=O)(=O)CC32)cc1OCC. The molecule has 2 heterocycles. The number of halogens is 1. The van der Waals surface area contributed by atoms with Crippen molar-refractivity contribution in [1.29, 1.82) is 0 Å². The second-order valence-corrected chi connectivity index (χ2v) is 12.3. The van der Waals surface area contributed by atoms with Crippen LogP contribution >= 0.6 is 27.7 Å². The molecule has 2 atom stereocenters. The minimum atomic E-state index is -3.20. The molecule has 0 bridgehead atoms. The summed E-state index contributed by atoms with van der Waals surface area (Å²) in [5, 5.41) is 0.258. The number of para-hydroxylation sites is 1. The number of benzene rings is 2. The smallest absolute Gasteiger partial charge is 0.252 e. The summed E-state index contributed by atoms with van der Waals surface area (Å²) < 4.78 is 42.4. The first-order valence-electron chi connectivity index (χ1n) is 11.2. The number of amidine groups is 1. The second-order valence-electron chi connectivity index (χ2n) is 8.06. The average molecular weight is 584 g/mol. The van der Waals surface area contributed by atoms with Crippen LogP contribution in [0.2, 0.25) is 0 Å². The second kappa shape index (κ2) is 10.8. The number of aliphatic imine (C=N–C) groups is 1. The van der Waals surface area contributed by atoms with Gasteiger partial charge in [0, 0.05) is 27.4 Å². The van der Waals surface area contributed by atoms with Crippen LogP contribution in [0.5, 0.6) is 17.2 Å². The third-order valence-corrected chi connectivity index (χ3v) is 9.54. The Kier molecular flexibility index (Phi) is 7.97. The molecular formula is C24H27BrN2O6S2. The first-order chi connectivity index (χ1) is 16.8. The van der Waals surface area contributed by atoms with Crippen LogP contribution in [0.15, 0.2) is 45.9 Å². The highest BCUT2D eigenvalue weighted by atomic mass is 79.9. The summed E-state index contributed by atoms with van der Waals surface area (Å²) in [5.74, 6) is 1.45. The van der Waals surface area contributed by atoms with Gasteiger partial charge in [-0.3, -0.25) is 4.79 Å². The van der Waals surface area contributed by atoms with Gasteiger partial charge in [0.2, 0.25) is 0 Å². The number of amides is 1. The molecule has 11 heteroatoms. The lowest BCUT2D eigenvalue weighted by Gasteiger charge is -2.27. The van der Waals surface area contributed by atoms with Crippen LogP contribution in [-0.4, -0.2) is 62.6 Å². The molecule has 188 valence electrons. The molecule has 2 saturated heterocycles. The third-order valence-electron chi connectivity index (χ3n) is 5.69. The van der Waals surface area contributed by atoms with Crippen LogP contribution in [0.4, 0.5) is 5.69 Å². The fraction of sp³-hybridized carbons (Fsp3) is 0.417. The minimum absolute atomic E-state index is 0.00595. The van der Waals surface area contributed by atoms with Crippen molar-refractivity contribution in [2.75, 3.05) is 36.7 Å². The largest absolute Gasteiger partial charge is 0.496 e. The number of carbonyl (C=O) groups is 1. The molecule has 0 aromatic heterocycles. The number of anilines is 1. The van der Waals surface area contributed by atoms with Crippen molar-refractivity contribution in [2.24, 2.45) is 4.99 Å². The molecule has 2 aromatic rings. The van der Waals surface area contributed by atoms with E-state index < -0.39 is 9.84 Å². The molecule has 2 unspecified atom stereocenters. The number of rotatable bonds is 8. The van der Waals surface area contributed by atoms with Gasteiger partial charge >= 0.3 is 0 Å². The third kappa shape index (κ3) is 5.62. The van der Waals surface area contributed by atoms with E-state index in [1.54, 1.807) is 19.2 Å². The highest BCUT2D eigenvalue weighted by Crippen LogP contribution is 2.46. The van der Waals surface area contributed by atoms with Gasteiger partial charge in [0.05, 0.1) is 50.0 Å². The Morgan fingerprint density at radius 3 is 2.49 bits per heavy atom. The predicted molar refractivity (Wildman–Crippen MR) is 142 cm³/mol. The molecule has 0 saturated carbocycles. The summed E-state index contributed by atoms with van der Waals surface area (Å²) in [5.41, 5.74) is 1.42. The zero-order valence-corrected chi connectivity index (χ0v) is 22.9. The number of carbonyl (C=O) groups excluding carboxylic acids is 1. The lowest BCUT2D eigenvalue weighted by molar-refractivity contribution is -0.117. The Bertz CT molecular complexity index is 1250. The fourth-order valence-electron chi connectivity index (χ4n) is 4.25. The number of hydrogen-bond acceptors (Lipinski definition) is 7. The van der Waals surface area contributed by atoms with E-state index in [9.17, 15) is 13.2 Å². The molecule has 2 aliphatic rings. The number of hydrogen-bond donors (Lipinski definition) is 0. The molecule has 2 aliphatic heterocycles. The summed E-state index contributed by atoms with van der Waals surface area (Å²) in [6.07, 6.45) is 0.0736. The summed E-state index contributed by atoms with van der Waals surface area (Å²) in [4.78, 5) is 19.3. The number of fused-ring (bicyclic) bond motifs is 1. The van der Waals surface area contributed by atoms with Crippen LogP contribution in [0.3, 0.4) is 0 Å². The van der Waals surface area contributed by atoms with E-state index in [0.717, 1.165) is 5.56 Å². The van der Waals surface area contributed by atoms with E-state index in [-0.39, 0.29) is 35.1 Å². The molecular weight excluding hydrogens is 556 g/mol. The van der Waals surface area contributed by atoms with Crippen LogP contribution in [0, 0.1) is 0 Å². The Hall–Kier alpha value is -2.24. The fourth-order valence-corrected chi connectivity index (χ4v) is 8.69. The van der Waals surface area contributed by atoms with Crippen molar-refractivity contribution in [3.05, 3.63) is 46.4 Å². The Balaban J connectivity index is 1.73. The van der Waals surface area contributed by atoms with Crippen molar-refractivity contribution < 1.29 is 27.4 Å². The molecule has 0 aliphatic carbocycles. The van der Waals surface area contributed by atoms with Gasteiger partial charge in [-0.2, -0.15) is 4.99 Å². The van der Waals surface area contributed by atoms with Crippen molar-refractivity contribution in [3.8, 4) is 17.2 Å². The van der Waals surface area contributed by atoms with Gasteiger partial charge in [-0.1, -0.05) is 30.0 Å². The van der Waals surface area contributed by atoms with Gasteiger partial charge in [-0.25, -0.2) is 8.42 Å². The summed E-state index contributed by atoms with van der Waals surface area (Å²) in [7, 11) is -1.64. The van der Waals surface area contributed by atoms with Crippen molar-refractivity contribution in [1.82, 2.24) is 0 Å². The number of ether oxygens (including phenoxy) is 3. The molecule has 2 aromatic carbocycles. The van der Waals surface area contributed by atoms with Crippen molar-refractivity contribution in [2.45, 2.75) is 31.6 Å². The van der Waals surface area contributed by atoms with Gasteiger partial charge < -0.3 is 19.1 Å².